The number of H-pyrrole nitrogens is 1. The quantitative estimate of drug-likeness (QED) is 0.739. The number of aromatic amines is 1. The molecule has 0 bridgehead atoms. The van der Waals surface area contributed by atoms with E-state index in [1.54, 1.807) is 6.07 Å². The highest BCUT2D eigenvalue weighted by Crippen LogP contribution is 2.23. The summed E-state index contributed by atoms with van der Waals surface area (Å²) in [4.78, 5) is 32.6. The van der Waals surface area contributed by atoms with Gasteiger partial charge in [0.05, 0.1) is 22.7 Å². The molecule has 0 unspecified atom stereocenters. The lowest BCUT2D eigenvalue weighted by Gasteiger charge is -2.04. The number of carboxylic acids is 1. The van der Waals surface area contributed by atoms with Crippen molar-refractivity contribution < 1.29 is 14.7 Å². The summed E-state index contributed by atoms with van der Waals surface area (Å²) in [7, 11) is 0. The number of rotatable bonds is 3. The molecule has 7 nitrogen and oxygen atoms in total. The number of carbonyl (C=O) groups excluding carboxylic acids is 1. The second kappa shape index (κ2) is 5.37. The largest absolute Gasteiger partial charge is 0.477 e. The van der Waals surface area contributed by atoms with Gasteiger partial charge in [0.1, 0.15) is 5.15 Å². The fraction of sp³-hybridized carbons (Fsp3) is 0. The van der Waals surface area contributed by atoms with Crippen LogP contribution in [0.4, 0.5) is 5.69 Å². The van der Waals surface area contributed by atoms with Crippen LogP contribution in [0, 0.1) is 0 Å². The number of anilines is 1. The predicted octanol–water partition coefficient (Wildman–Crippen LogP) is 2.17. The van der Waals surface area contributed by atoms with E-state index in [9.17, 15) is 9.59 Å². The molecule has 2 rings (SSSR count). The summed E-state index contributed by atoms with van der Waals surface area (Å²) >= 11 is 8.88. The number of carbonyl (C=O) groups is 2. The molecule has 9 heteroatoms. The first kappa shape index (κ1) is 13.5. The maximum absolute atomic E-state index is 11.9. The maximum Gasteiger partial charge on any atom is 0.354 e. The molecule has 1 amide bonds. The number of hydrogen-bond donors (Lipinski definition) is 3. The monoisotopic (exact) mass is 344 g/mol. The van der Waals surface area contributed by atoms with Crippen LogP contribution >= 0.6 is 27.5 Å². The van der Waals surface area contributed by atoms with Gasteiger partial charge in [-0.25, -0.2) is 14.8 Å². The average molecular weight is 346 g/mol. The van der Waals surface area contributed by atoms with Crippen LogP contribution in [0.25, 0.3) is 0 Å². The molecule has 0 aromatic carbocycles. The molecule has 2 aromatic heterocycles. The Kier molecular flexibility index (Phi) is 3.82. The molecule has 0 aliphatic heterocycles. The average Bonchev–Trinajstić information content (AvgIpc) is 2.83. The van der Waals surface area contributed by atoms with Crippen LogP contribution < -0.4 is 5.32 Å². The van der Waals surface area contributed by atoms with Crippen molar-refractivity contribution in [2.45, 2.75) is 0 Å². The van der Waals surface area contributed by atoms with Crippen molar-refractivity contribution in [2.75, 3.05) is 5.32 Å². The van der Waals surface area contributed by atoms with Crippen molar-refractivity contribution in [3.8, 4) is 0 Å². The topological polar surface area (TPSA) is 108 Å². The van der Waals surface area contributed by atoms with E-state index in [0.29, 0.717) is 10.2 Å². The normalized spacial score (nSPS) is 10.2. The lowest BCUT2D eigenvalue weighted by molar-refractivity contribution is 0.0686. The minimum Gasteiger partial charge on any atom is -0.477 e. The molecular formula is C10H6BrClN4O3. The third kappa shape index (κ3) is 2.91. The number of nitrogens with zero attached hydrogens (tertiary/aromatic N) is 2. The zero-order valence-corrected chi connectivity index (χ0v) is 11.5. The molecule has 2 heterocycles. The van der Waals surface area contributed by atoms with Crippen LogP contribution in [0.5, 0.6) is 0 Å². The van der Waals surface area contributed by atoms with E-state index in [4.69, 9.17) is 16.7 Å². The number of nitrogens with one attached hydrogen (secondary N) is 2. The third-order valence-corrected chi connectivity index (χ3v) is 3.26. The Morgan fingerprint density at radius 2 is 2.16 bits per heavy atom. The number of amides is 1. The molecule has 0 atom stereocenters. The van der Waals surface area contributed by atoms with Crippen LogP contribution in [-0.4, -0.2) is 31.9 Å². The summed E-state index contributed by atoms with van der Waals surface area (Å²) < 4.78 is 0.507. The lowest BCUT2D eigenvalue weighted by atomic mass is 10.3. The highest BCUT2D eigenvalue weighted by atomic mass is 79.9. The molecule has 0 aliphatic carbocycles. The summed E-state index contributed by atoms with van der Waals surface area (Å²) in [5.74, 6) is -1.92. The van der Waals surface area contributed by atoms with Crippen LogP contribution in [0.2, 0.25) is 5.15 Å². The van der Waals surface area contributed by atoms with Gasteiger partial charge in [0.15, 0.2) is 11.4 Å². The Bertz CT molecular complexity index is 658. The van der Waals surface area contributed by atoms with E-state index < -0.39 is 11.9 Å². The number of aromatic nitrogens is 3. The van der Waals surface area contributed by atoms with Gasteiger partial charge in [0, 0.05) is 0 Å². The highest BCUT2D eigenvalue weighted by Gasteiger charge is 2.19. The second-order valence-corrected chi connectivity index (χ2v) is 4.59. The third-order valence-electron chi connectivity index (χ3n) is 2.12. The van der Waals surface area contributed by atoms with Crippen LogP contribution in [0.1, 0.15) is 21.0 Å². The fourth-order valence-corrected chi connectivity index (χ4v) is 1.76. The summed E-state index contributed by atoms with van der Waals surface area (Å²) in [5, 5.41) is 11.6. The van der Waals surface area contributed by atoms with Crippen molar-refractivity contribution in [1.29, 1.82) is 0 Å². The van der Waals surface area contributed by atoms with Gasteiger partial charge in [0.25, 0.3) is 5.91 Å². The van der Waals surface area contributed by atoms with Gasteiger partial charge in [-0.2, -0.15) is 0 Å². The van der Waals surface area contributed by atoms with E-state index >= 15 is 0 Å². The zero-order chi connectivity index (χ0) is 14.0. The van der Waals surface area contributed by atoms with Crippen LogP contribution in [-0.2, 0) is 0 Å². The number of hydrogen-bond acceptors (Lipinski definition) is 4. The van der Waals surface area contributed by atoms with Crippen molar-refractivity contribution in [1.82, 2.24) is 15.0 Å². The Morgan fingerprint density at radius 3 is 2.79 bits per heavy atom. The van der Waals surface area contributed by atoms with Crippen molar-refractivity contribution in [2.24, 2.45) is 0 Å². The highest BCUT2D eigenvalue weighted by molar-refractivity contribution is 9.10. The molecular weight excluding hydrogens is 339 g/mol. The second-order valence-electron chi connectivity index (χ2n) is 3.38. The van der Waals surface area contributed by atoms with Gasteiger partial charge in [-0.05, 0) is 22.0 Å². The van der Waals surface area contributed by atoms with Crippen LogP contribution in [0.3, 0.4) is 0 Å². The van der Waals surface area contributed by atoms with Crippen molar-refractivity contribution in [3.05, 3.63) is 39.6 Å². The van der Waals surface area contributed by atoms with Gasteiger partial charge in [-0.1, -0.05) is 11.6 Å². The lowest BCUT2D eigenvalue weighted by Crippen LogP contribution is -2.16. The Hall–Kier alpha value is -1.93. The molecule has 3 N–H and O–H groups in total. The molecule has 0 saturated heterocycles. The minimum atomic E-state index is -1.27. The Balaban J connectivity index is 2.23. The van der Waals surface area contributed by atoms with E-state index in [1.165, 1.54) is 6.20 Å². The summed E-state index contributed by atoms with van der Waals surface area (Å²) in [6, 6.07) is 1.54. The fourth-order valence-electron chi connectivity index (χ4n) is 1.31. The van der Waals surface area contributed by atoms with E-state index in [1.807, 2.05) is 0 Å². The molecule has 0 aliphatic rings. The molecule has 0 radical (unpaired) electrons. The molecule has 2 aromatic rings. The first-order valence-corrected chi connectivity index (χ1v) is 6.05. The zero-order valence-electron chi connectivity index (χ0n) is 9.15. The van der Waals surface area contributed by atoms with Crippen molar-refractivity contribution >= 4 is 45.1 Å². The first-order valence-electron chi connectivity index (χ1n) is 4.88. The first-order chi connectivity index (χ1) is 8.99. The molecule has 0 saturated carbocycles. The smallest absolute Gasteiger partial charge is 0.354 e. The standard InChI is InChI=1S/C10H6BrClN4O3/c11-5-1-4(2-13-8(5)12)16-9(17)6-7(10(18)19)15-3-14-6/h1-3H,(H,14,15)(H,16,17)(H,18,19). The predicted molar refractivity (Wildman–Crippen MR) is 70.4 cm³/mol. The Labute approximate surface area is 120 Å². The number of aromatic carboxylic acids is 1. The summed E-state index contributed by atoms with van der Waals surface area (Å²) in [6.45, 7) is 0. The van der Waals surface area contributed by atoms with Gasteiger partial charge in [0.2, 0.25) is 0 Å². The van der Waals surface area contributed by atoms with Gasteiger partial charge >= 0.3 is 5.97 Å². The Morgan fingerprint density at radius 1 is 1.42 bits per heavy atom. The molecule has 0 spiro atoms. The van der Waals surface area contributed by atoms with Gasteiger partial charge in [-0.15, -0.1) is 0 Å². The number of pyridine rings is 1. The summed E-state index contributed by atoms with van der Waals surface area (Å²) in [5.41, 5.74) is -0.127. The maximum atomic E-state index is 11.9. The summed E-state index contributed by atoms with van der Waals surface area (Å²) in [6.07, 6.45) is 2.48. The van der Waals surface area contributed by atoms with Gasteiger partial charge < -0.3 is 15.4 Å². The van der Waals surface area contributed by atoms with E-state index in [0.717, 1.165) is 6.33 Å². The molecule has 98 valence electrons. The van der Waals surface area contributed by atoms with Gasteiger partial charge in [-0.3, -0.25) is 4.79 Å². The number of halogens is 2. The van der Waals surface area contributed by atoms with Crippen molar-refractivity contribution in [3.63, 3.8) is 0 Å². The number of carboxylic acid groups (broad SMARTS) is 1. The number of imidazole rings is 1. The van der Waals surface area contributed by atoms with Crippen LogP contribution in [0.15, 0.2) is 23.1 Å². The van der Waals surface area contributed by atoms with E-state index in [2.05, 4.69) is 36.2 Å². The van der Waals surface area contributed by atoms with E-state index in [-0.39, 0.29) is 16.5 Å². The SMILES string of the molecule is O=C(Nc1cnc(Cl)c(Br)c1)c1nc[nH]c1C(=O)O. The molecule has 0 fully saturated rings. The minimum absolute atomic E-state index is 0.210. The molecule has 19 heavy (non-hydrogen) atoms.